The van der Waals surface area contributed by atoms with E-state index in [0.717, 1.165) is 0 Å². The largest absolute Gasteiger partial charge is 0.385 e. The predicted molar refractivity (Wildman–Crippen MR) is 51.3 cm³/mol. The molecular weight excluding hydrogens is 188 g/mol. The predicted octanol–water partition coefficient (Wildman–Crippen LogP) is 1.37. The number of terminal acetylenes is 1. The second-order valence-electron chi connectivity index (χ2n) is 2.61. The minimum atomic E-state index is -1.18. The van der Waals surface area contributed by atoms with Crippen molar-refractivity contribution in [1.29, 1.82) is 0 Å². The molecule has 1 aromatic rings. The fourth-order valence-corrected chi connectivity index (χ4v) is 1.06. The highest BCUT2D eigenvalue weighted by Gasteiger charge is 2.14. The average molecular weight is 197 g/mol. The third-order valence-corrected chi connectivity index (χ3v) is 1.93. The Balaban J connectivity index is 2.84. The second kappa shape index (κ2) is 4.29. The van der Waals surface area contributed by atoms with Gasteiger partial charge < -0.3 is 10.2 Å². The molecule has 2 nitrogen and oxygen atoms in total. The van der Waals surface area contributed by atoms with Crippen molar-refractivity contribution in [1.82, 2.24) is 0 Å². The molecule has 3 heteroatoms. The topological polar surface area (TPSA) is 40.5 Å². The molecule has 0 heterocycles. The van der Waals surface area contributed by atoms with Gasteiger partial charge in [0, 0.05) is 5.02 Å². The van der Waals surface area contributed by atoms with Gasteiger partial charge >= 0.3 is 0 Å². The second-order valence-corrected chi connectivity index (χ2v) is 3.04. The Morgan fingerprint density at radius 2 is 1.77 bits per heavy atom. The lowest BCUT2D eigenvalue weighted by molar-refractivity contribution is 0.0541. The number of hydrogen-bond acceptors (Lipinski definition) is 2. The molecule has 0 radical (unpaired) electrons. The van der Waals surface area contributed by atoms with Crippen LogP contribution in [0.4, 0.5) is 0 Å². The van der Waals surface area contributed by atoms with E-state index in [0.29, 0.717) is 10.6 Å². The number of benzene rings is 1. The molecule has 2 unspecified atom stereocenters. The minimum Gasteiger partial charge on any atom is -0.385 e. The van der Waals surface area contributed by atoms with Crippen LogP contribution in [0.1, 0.15) is 11.7 Å². The third kappa shape index (κ3) is 2.46. The van der Waals surface area contributed by atoms with Crippen molar-refractivity contribution in [3.63, 3.8) is 0 Å². The summed E-state index contributed by atoms with van der Waals surface area (Å²) in [5.74, 6) is 2.05. The molecule has 2 N–H and O–H groups in total. The van der Waals surface area contributed by atoms with Crippen molar-refractivity contribution in [2.75, 3.05) is 0 Å². The quantitative estimate of drug-likeness (QED) is 0.702. The van der Waals surface area contributed by atoms with Gasteiger partial charge in [0.2, 0.25) is 0 Å². The number of halogens is 1. The monoisotopic (exact) mass is 196 g/mol. The molecule has 0 aliphatic heterocycles. The molecule has 13 heavy (non-hydrogen) atoms. The van der Waals surface area contributed by atoms with E-state index >= 15 is 0 Å². The van der Waals surface area contributed by atoms with Crippen LogP contribution in [0.2, 0.25) is 5.02 Å². The SMILES string of the molecule is C#CC(O)C(O)c1ccc(Cl)cc1. The van der Waals surface area contributed by atoms with E-state index in [-0.39, 0.29) is 0 Å². The van der Waals surface area contributed by atoms with Gasteiger partial charge in [0.1, 0.15) is 12.2 Å². The molecule has 68 valence electrons. The van der Waals surface area contributed by atoms with E-state index in [1.54, 1.807) is 24.3 Å². The van der Waals surface area contributed by atoms with Crippen LogP contribution in [-0.2, 0) is 0 Å². The summed E-state index contributed by atoms with van der Waals surface area (Å²) in [6.45, 7) is 0. The Kier molecular flexibility index (Phi) is 3.32. The standard InChI is InChI=1S/C10H9ClO2/c1-2-9(12)10(13)7-3-5-8(11)6-4-7/h1,3-6,9-10,12-13H. The van der Waals surface area contributed by atoms with Crippen LogP contribution in [0.25, 0.3) is 0 Å². The normalized spacial score (nSPS) is 14.6. The average Bonchev–Trinajstić information content (AvgIpc) is 2.17. The Bertz CT molecular complexity index is 313. The third-order valence-electron chi connectivity index (χ3n) is 1.68. The fourth-order valence-electron chi connectivity index (χ4n) is 0.933. The molecule has 0 saturated heterocycles. The first kappa shape index (κ1) is 10.1. The fraction of sp³-hybridized carbons (Fsp3) is 0.200. The van der Waals surface area contributed by atoms with Gasteiger partial charge in [-0.2, -0.15) is 0 Å². The highest BCUT2D eigenvalue weighted by atomic mass is 35.5. The number of rotatable bonds is 2. The number of hydrogen-bond donors (Lipinski definition) is 2. The molecule has 0 saturated carbocycles. The first-order valence-electron chi connectivity index (χ1n) is 3.73. The van der Waals surface area contributed by atoms with Gasteiger partial charge in [-0.3, -0.25) is 0 Å². The molecule has 0 aliphatic carbocycles. The first-order chi connectivity index (χ1) is 6.15. The van der Waals surface area contributed by atoms with Gasteiger partial charge in [0.15, 0.2) is 0 Å². The number of aliphatic hydroxyl groups is 2. The maximum atomic E-state index is 9.44. The summed E-state index contributed by atoms with van der Waals surface area (Å²) in [6, 6.07) is 6.49. The van der Waals surface area contributed by atoms with E-state index in [9.17, 15) is 5.11 Å². The lowest BCUT2D eigenvalue weighted by Gasteiger charge is -2.12. The summed E-state index contributed by atoms with van der Waals surface area (Å²) in [4.78, 5) is 0. The molecule has 2 atom stereocenters. The van der Waals surface area contributed by atoms with Gasteiger partial charge in [0.25, 0.3) is 0 Å². The maximum absolute atomic E-state index is 9.44. The summed E-state index contributed by atoms with van der Waals surface area (Å²) < 4.78 is 0. The molecule has 1 aromatic carbocycles. The van der Waals surface area contributed by atoms with Crippen molar-refractivity contribution in [3.8, 4) is 12.3 Å². The molecule has 0 bridgehead atoms. The Morgan fingerprint density at radius 3 is 2.23 bits per heavy atom. The van der Waals surface area contributed by atoms with E-state index in [4.69, 9.17) is 23.1 Å². The van der Waals surface area contributed by atoms with Crippen molar-refractivity contribution in [2.24, 2.45) is 0 Å². The molecule has 0 aliphatic rings. The van der Waals surface area contributed by atoms with Crippen molar-refractivity contribution < 1.29 is 10.2 Å². The summed E-state index contributed by atoms with van der Waals surface area (Å²) in [5, 5.41) is 19.1. The van der Waals surface area contributed by atoms with E-state index < -0.39 is 12.2 Å². The molecule has 0 fully saturated rings. The summed E-state index contributed by atoms with van der Waals surface area (Å²) in [5.41, 5.74) is 0.551. The highest BCUT2D eigenvalue weighted by molar-refractivity contribution is 6.30. The van der Waals surface area contributed by atoms with Gasteiger partial charge in [0.05, 0.1) is 0 Å². The Labute approximate surface area is 81.8 Å². The molecule has 0 amide bonds. The van der Waals surface area contributed by atoms with Gasteiger partial charge in [-0.05, 0) is 17.7 Å². The van der Waals surface area contributed by atoms with E-state index in [1.165, 1.54) is 0 Å². The van der Waals surface area contributed by atoms with Crippen LogP contribution in [0.5, 0.6) is 0 Å². The van der Waals surface area contributed by atoms with Crippen molar-refractivity contribution >= 4 is 11.6 Å². The van der Waals surface area contributed by atoms with E-state index in [2.05, 4.69) is 5.92 Å². The van der Waals surface area contributed by atoms with Gasteiger partial charge in [-0.15, -0.1) is 6.42 Å². The molecule has 0 aromatic heterocycles. The van der Waals surface area contributed by atoms with Crippen LogP contribution in [0, 0.1) is 12.3 Å². The maximum Gasteiger partial charge on any atom is 0.144 e. The number of aliphatic hydroxyl groups excluding tert-OH is 2. The highest BCUT2D eigenvalue weighted by Crippen LogP contribution is 2.18. The summed E-state index contributed by atoms with van der Waals surface area (Å²) in [7, 11) is 0. The zero-order chi connectivity index (χ0) is 9.84. The molecular formula is C10H9ClO2. The van der Waals surface area contributed by atoms with Gasteiger partial charge in [-0.1, -0.05) is 29.7 Å². The van der Waals surface area contributed by atoms with Crippen LogP contribution in [0.3, 0.4) is 0 Å². The van der Waals surface area contributed by atoms with Gasteiger partial charge in [-0.25, -0.2) is 0 Å². The van der Waals surface area contributed by atoms with Crippen LogP contribution < -0.4 is 0 Å². The Morgan fingerprint density at radius 1 is 1.23 bits per heavy atom. The molecule has 1 rings (SSSR count). The zero-order valence-corrected chi connectivity index (χ0v) is 7.57. The lowest BCUT2D eigenvalue weighted by Crippen LogP contribution is -2.15. The minimum absolute atomic E-state index is 0.551. The van der Waals surface area contributed by atoms with Crippen LogP contribution in [0.15, 0.2) is 24.3 Å². The van der Waals surface area contributed by atoms with Crippen LogP contribution >= 0.6 is 11.6 Å². The smallest absolute Gasteiger partial charge is 0.144 e. The zero-order valence-electron chi connectivity index (χ0n) is 6.81. The summed E-state index contributed by atoms with van der Waals surface area (Å²) >= 11 is 5.65. The lowest BCUT2D eigenvalue weighted by atomic mass is 10.1. The molecule has 0 spiro atoms. The van der Waals surface area contributed by atoms with Crippen molar-refractivity contribution in [3.05, 3.63) is 34.9 Å². The van der Waals surface area contributed by atoms with Crippen molar-refractivity contribution in [2.45, 2.75) is 12.2 Å². The first-order valence-corrected chi connectivity index (χ1v) is 4.10. The van der Waals surface area contributed by atoms with E-state index in [1.807, 2.05) is 0 Å². The van der Waals surface area contributed by atoms with Crippen LogP contribution in [-0.4, -0.2) is 16.3 Å². The summed E-state index contributed by atoms with van der Waals surface area (Å²) in [6.07, 6.45) is 2.72. The Hall–Kier alpha value is -1.01.